The summed E-state index contributed by atoms with van der Waals surface area (Å²) in [6.07, 6.45) is 3.26. The Kier molecular flexibility index (Phi) is 5.47. The molecule has 1 rings (SSSR count). The summed E-state index contributed by atoms with van der Waals surface area (Å²) in [6, 6.07) is 2.29. The van der Waals surface area contributed by atoms with E-state index in [0.29, 0.717) is 11.9 Å². The molecule has 0 saturated heterocycles. The van der Waals surface area contributed by atoms with Crippen LogP contribution in [0.3, 0.4) is 0 Å². The SMILES string of the molecule is CSCCC(C)N(C)c1cc(N)nc(C(C)(C)C)n1. The fourth-order valence-corrected chi connectivity index (χ4v) is 2.25. The predicted octanol–water partition coefficient (Wildman–Crippen LogP) is 2.93. The van der Waals surface area contributed by atoms with Gasteiger partial charge in [0.15, 0.2) is 0 Å². The molecule has 5 heteroatoms. The van der Waals surface area contributed by atoms with Gasteiger partial charge in [-0.3, -0.25) is 0 Å². The van der Waals surface area contributed by atoms with Gasteiger partial charge in [0.05, 0.1) is 0 Å². The largest absolute Gasteiger partial charge is 0.384 e. The van der Waals surface area contributed by atoms with Crippen LogP contribution >= 0.6 is 11.8 Å². The Balaban J connectivity index is 2.97. The Hall–Kier alpha value is -0.970. The number of hydrogen-bond donors (Lipinski definition) is 1. The summed E-state index contributed by atoms with van der Waals surface area (Å²) in [7, 11) is 2.07. The monoisotopic (exact) mass is 282 g/mol. The van der Waals surface area contributed by atoms with Crippen molar-refractivity contribution in [3.8, 4) is 0 Å². The number of thioether (sulfide) groups is 1. The molecule has 1 atom stereocenters. The summed E-state index contributed by atoms with van der Waals surface area (Å²) in [5.74, 6) is 3.40. The Morgan fingerprint density at radius 3 is 2.53 bits per heavy atom. The Bertz CT molecular complexity index is 414. The summed E-state index contributed by atoms with van der Waals surface area (Å²) >= 11 is 1.87. The summed E-state index contributed by atoms with van der Waals surface area (Å²) in [4.78, 5) is 11.2. The van der Waals surface area contributed by atoms with E-state index in [-0.39, 0.29) is 5.41 Å². The maximum Gasteiger partial charge on any atom is 0.138 e. The molecule has 1 unspecified atom stereocenters. The second-order valence-electron chi connectivity index (χ2n) is 5.97. The Morgan fingerprint density at radius 2 is 2.00 bits per heavy atom. The molecule has 0 amide bonds. The van der Waals surface area contributed by atoms with Gasteiger partial charge in [0.1, 0.15) is 17.5 Å². The van der Waals surface area contributed by atoms with Crippen LogP contribution in [-0.2, 0) is 5.41 Å². The lowest BCUT2D eigenvalue weighted by molar-refractivity contribution is 0.543. The number of nitrogens with zero attached hydrogens (tertiary/aromatic N) is 3. The summed E-state index contributed by atoms with van der Waals surface area (Å²) in [5.41, 5.74) is 5.82. The average molecular weight is 282 g/mol. The zero-order chi connectivity index (χ0) is 14.6. The molecular formula is C14H26N4S. The third-order valence-corrected chi connectivity index (χ3v) is 3.81. The maximum absolute atomic E-state index is 5.91. The number of nitrogen functional groups attached to an aromatic ring is 1. The first-order valence-electron chi connectivity index (χ1n) is 6.62. The molecule has 1 heterocycles. The lowest BCUT2D eigenvalue weighted by atomic mass is 9.96. The van der Waals surface area contributed by atoms with Gasteiger partial charge in [0.2, 0.25) is 0 Å². The van der Waals surface area contributed by atoms with Crippen molar-refractivity contribution in [2.75, 3.05) is 29.7 Å². The van der Waals surface area contributed by atoms with Crippen molar-refractivity contribution in [2.45, 2.75) is 45.6 Å². The van der Waals surface area contributed by atoms with Crippen molar-refractivity contribution >= 4 is 23.4 Å². The molecular weight excluding hydrogens is 256 g/mol. The van der Waals surface area contributed by atoms with E-state index < -0.39 is 0 Å². The first-order chi connectivity index (χ1) is 8.75. The molecule has 0 spiro atoms. The number of hydrogen-bond acceptors (Lipinski definition) is 5. The van der Waals surface area contributed by atoms with Crippen LogP contribution in [0.1, 0.15) is 39.9 Å². The highest BCUT2D eigenvalue weighted by Crippen LogP contribution is 2.24. The van der Waals surface area contributed by atoms with Gasteiger partial charge in [-0.05, 0) is 25.4 Å². The number of anilines is 2. The van der Waals surface area contributed by atoms with Crippen LogP contribution in [0.2, 0.25) is 0 Å². The lowest BCUT2D eigenvalue weighted by Gasteiger charge is -2.27. The summed E-state index contributed by atoms with van der Waals surface area (Å²) in [6.45, 7) is 8.51. The van der Waals surface area contributed by atoms with Gasteiger partial charge in [0, 0.05) is 24.6 Å². The van der Waals surface area contributed by atoms with Crippen LogP contribution < -0.4 is 10.6 Å². The van der Waals surface area contributed by atoms with E-state index in [1.807, 2.05) is 17.8 Å². The van der Waals surface area contributed by atoms with E-state index in [1.54, 1.807) is 0 Å². The van der Waals surface area contributed by atoms with Gasteiger partial charge in [0.25, 0.3) is 0 Å². The van der Waals surface area contributed by atoms with Crippen LogP contribution in [0, 0.1) is 0 Å². The molecule has 4 nitrogen and oxygen atoms in total. The standard InChI is InChI=1S/C14H26N4S/c1-10(7-8-19-6)18(5)12-9-11(15)16-13(17-12)14(2,3)4/h9-10H,7-8H2,1-6H3,(H2,15,16,17). The molecule has 0 aliphatic rings. The topological polar surface area (TPSA) is 55.0 Å². The molecule has 0 saturated carbocycles. The number of nitrogens with two attached hydrogens (primary N) is 1. The van der Waals surface area contributed by atoms with E-state index in [1.165, 1.54) is 0 Å². The minimum Gasteiger partial charge on any atom is -0.384 e. The fraction of sp³-hybridized carbons (Fsp3) is 0.714. The van der Waals surface area contributed by atoms with Crippen molar-refractivity contribution in [1.29, 1.82) is 0 Å². The molecule has 19 heavy (non-hydrogen) atoms. The fourth-order valence-electron chi connectivity index (χ4n) is 1.68. The Labute approximate surface area is 121 Å². The first-order valence-corrected chi connectivity index (χ1v) is 8.02. The van der Waals surface area contributed by atoms with Gasteiger partial charge in [-0.15, -0.1) is 0 Å². The van der Waals surface area contributed by atoms with E-state index in [4.69, 9.17) is 5.73 Å². The molecule has 0 aliphatic carbocycles. The van der Waals surface area contributed by atoms with Gasteiger partial charge < -0.3 is 10.6 Å². The highest BCUT2D eigenvalue weighted by molar-refractivity contribution is 7.98. The predicted molar refractivity (Wildman–Crippen MR) is 86.0 cm³/mol. The van der Waals surface area contributed by atoms with Crippen LogP contribution in [0.15, 0.2) is 6.07 Å². The molecule has 108 valence electrons. The highest BCUT2D eigenvalue weighted by Gasteiger charge is 2.20. The van der Waals surface area contributed by atoms with Crippen molar-refractivity contribution in [1.82, 2.24) is 9.97 Å². The van der Waals surface area contributed by atoms with Crippen LogP contribution in [0.4, 0.5) is 11.6 Å². The molecule has 0 radical (unpaired) electrons. The van der Waals surface area contributed by atoms with E-state index >= 15 is 0 Å². The van der Waals surface area contributed by atoms with Crippen molar-refractivity contribution in [2.24, 2.45) is 0 Å². The normalized spacial score (nSPS) is 13.4. The molecule has 1 aromatic heterocycles. The molecule has 1 aromatic rings. The zero-order valence-electron chi connectivity index (χ0n) is 12.9. The molecule has 0 aliphatic heterocycles. The number of rotatable bonds is 5. The summed E-state index contributed by atoms with van der Waals surface area (Å²) < 4.78 is 0. The second kappa shape index (κ2) is 6.46. The van der Waals surface area contributed by atoms with Crippen LogP contribution in [0.5, 0.6) is 0 Å². The van der Waals surface area contributed by atoms with E-state index in [0.717, 1.165) is 23.8 Å². The number of aromatic nitrogens is 2. The minimum absolute atomic E-state index is 0.0898. The quantitative estimate of drug-likeness (QED) is 0.900. The van der Waals surface area contributed by atoms with Gasteiger partial charge in [-0.25, -0.2) is 9.97 Å². The smallest absolute Gasteiger partial charge is 0.138 e. The van der Waals surface area contributed by atoms with Crippen LogP contribution in [-0.4, -0.2) is 35.1 Å². The van der Waals surface area contributed by atoms with Gasteiger partial charge in [-0.1, -0.05) is 20.8 Å². The molecule has 2 N–H and O–H groups in total. The summed E-state index contributed by atoms with van der Waals surface area (Å²) in [5, 5.41) is 0. The van der Waals surface area contributed by atoms with Crippen molar-refractivity contribution in [3.63, 3.8) is 0 Å². The van der Waals surface area contributed by atoms with Gasteiger partial charge >= 0.3 is 0 Å². The molecule has 0 bridgehead atoms. The maximum atomic E-state index is 5.91. The minimum atomic E-state index is -0.0898. The molecule has 0 aromatic carbocycles. The Morgan fingerprint density at radius 1 is 1.37 bits per heavy atom. The second-order valence-corrected chi connectivity index (χ2v) is 6.95. The van der Waals surface area contributed by atoms with Crippen molar-refractivity contribution < 1.29 is 0 Å². The first kappa shape index (κ1) is 16.1. The van der Waals surface area contributed by atoms with E-state index in [2.05, 4.69) is 55.9 Å². The third-order valence-electron chi connectivity index (χ3n) is 3.17. The highest BCUT2D eigenvalue weighted by atomic mass is 32.2. The van der Waals surface area contributed by atoms with Crippen molar-refractivity contribution in [3.05, 3.63) is 11.9 Å². The lowest BCUT2D eigenvalue weighted by Crippen LogP contribution is -2.31. The van der Waals surface area contributed by atoms with Crippen LogP contribution in [0.25, 0.3) is 0 Å². The van der Waals surface area contributed by atoms with Gasteiger partial charge in [-0.2, -0.15) is 11.8 Å². The molecule has 0 fully saturated rings. The zero-order valence-corrected chi connectivity index (χ0v) is 13.7. The third kappa shape index (κ3) is 4.56. The van der Waals surface area contributed by atoms with E-state index in [9.17, 15) is 0 Å². The average Bonchev–Trinajstić information content (AvgIpc) is 2.33.